The second-order valence-corrected chi connectivity index (χ2v) is 5.14. The molecule has 0 spiro atoms. The fourth-order valence-corrected chi connectivity index (χ4v) is 2.27. The van der Waals surface area contributed by atoms with Crippen molar-refractivity contribution in [3.05, 3.63) is 64.5 Å². The van der Waals surface area contributed by atoms with Crippen LogP contribution in [0.5, 0.6) is 5.75 Å². The molecule has 120 valence electrons. The molecule has 0 aliphatic carbocycles. The number of amides is 1. The molecular weight excluding hydrogens is 308 g/mol. The molecule has 24 heavy (non-hydrogen) atoms. The minimum Gasteiger partial charge on any atom is -0.506 e. The van der Waals surface area contributed by atoms with Gasteiger partial charge in [0, 0.05) is 18.8 Å². The van der Waals surface area contributed by atoms with E-state index in [1.165, 1.54) is 13.1 Å². The molecule has 0 bridgehead atoms. The highest BCUT2D eigenvalue weighted by molar-refractivity contribution is 5.94. The van der Waals surface area contributed by atoms with Gasteiger partial charge in [-0.25, -0.2) is 4.79 Å². The highest BCUT2D eigenvalue weighted by Crippen LogP contribution is 2.25. The fourth-order valence-electron chi connectivity index (χ4n) is 2.27. The maximum absolute atomic E-state index is 12.0. The third kappa shape index (κ3) is 3.17. The lowest BCUT2D eigenvalue weighted by Crippen LogP contribution is -2.07. The number of rotatable bonds is 3. The van der Waals surface area contributed by atoms with Crippen LogP contribution in [0.4, 0.5) is 11.4 Å². The summed E-state index contributed by atoms with van der Waals surface area (Å²) < 4.78 is 5.17. The summed E-state index contributed by atoms with van der Waals surface area (Å²) in [4.78, 5) is 27.3. The molecule has 0 unspecified atom stereocenters. The summed E-state index contributed by atoms with van der Waals surface area (Å²) in [5.74, 6) is -0.368. The van der Waals surface area contributed by atoms with Gasteiger partial charge in [-0.3, -0.25) is 9.79 Å². The van der Waals surface area contributed by atoms with E-state index in [1.807, 2.05) is 0 Å². The lowest BCUT2D eigenvalue weighted by molar-refractivity contribution is -0.114. The summed E-state index contributed by atoms with van der Waals surface area (Å²) >= 11 is 0. The predicted octanol–water partition coefficient (Wildman–Crippen LogP) is 3.21. The van der Waals surface area contributed by atoms with E-state index >= 15 is 0 Å². The highest BCUT2D eigenvalue weighted by Gasteiger charge is 2.11. The fraction of sp³-hybridized carbons (Fsp3) is 0.0556. The van der Waals surface area contributed by atoms with Crippen LogP contribution in [0.1, 0.15) is 12.5 Å². The Morgan fingerprint density at radius 1 is 1.21 bits per heavy atom. The van der Waals surface area contributed by atoms with E-state index in [-0.39, 0.29) is 17.2 Å². The molecule has 0 saturated heterocycles. The number of para-hydroxylation sites is 1. The van der Waals surface area contributed by atoms with Crippen LogP contribution in [0, 0.1) is 0 Å². The molecular formula is C18H14N2O4. The number of nitrogens with one attached hydrogen (secondary N) is 1. The van der Waals surface area contributed by atoms with Crippen LogP contribution in [0.25, 0.3) is 11.0 Å². The van der Waals surface area contributed by atoms with Crippen molar-refractivity contribution in [1.29, 1.82) is 0 Å². The molecule has 2 N–H and O–H groups in total. The van der Waals surface area contributed by atoms with Gasteiger partial charge >= 0.3 is 5.63 Å². The first-order valence-electron chi connectivity index (χ1n) is 7.21. The molecule has 6 nitrogen and oxygen atoms in total. The Balaban J connectivity index is 1.99. The van der Waals surface area contributed by atoms with Gasteiger partial charge < -0.3 is 14.8 Å². The lowest BCUT2D eigenvalue weighted by atomic mass is 10.1. The van der Waals surface area contributed by atoms with E-state index in [4.69, 9.17) is 4.42 Å². The number of aliphatic imine (C=N–C) groups is 1. The second kappa shape index (κ2) is 6.37. The molecule has 1 heterocycles. The van der Waals surface area contributed by atoms with Gasteiger partial charge in [0.1, 0.15) is 16.9 Å². The van der Waals surface area contributed by atoms with Crippen molar-refractivity contribution in [3.8, 4) is 5.75 Å². The molecule has 3 rings (SSSR count). The number of hydrogen-bond donors (Lipinski definition) is 2. The van der Waals surface area contributed by atoms with Crippen LogP contribution in [0.2, 0.25) is 0 Å². The Kier molecular flexibility index (Phi) is 4.11. The van der Waals surface area contributed by atoms with Gasteiger partial charge in [0.25, 0.3) is 0 Å². The van der Waals surface area contributed by atoms with Gasteiger partial charge in [-0.2, -0.15) is 0 Å². The third-order valence-corrected chi connectivity index (χ3v) is 3.33. The first-order chi connectivity index (χ1) is 11.5. The highest BCUT2D eigenvalue weighted by atomic mass is 16.4. The molecule has 1 aromatic heterocycles. The molecule has 6 heteroatoms. The first kappa shape index (κ1) is 15.5. The second-order valence-electron chi connectivity index (χ2n) is 5.14. The van der Waals surface area contributed by atoms with Crippen LogP contribution in [-0.2, 0) is 4.79 Å². The lowest BCUT2D eigenvalue weighted by Gasteiger charge is -2.03. The first-order valence-corrected chi connectivity index (χ1v) is 7.21. The number of fused-ring (bicyclic) bond motifs is 1. The smallest absolute Gasteiger partial charge is 0.348 e. The molecule has 0 aliphatic heterocycles. The summed E-state index contributed by atoms with van der Waals surface area (Å²) in [6, 6.07) is 13.5. The topological polar surface area (TPSA) is 91.9 Å². The van der Waals surface area contributed by atoms with Crippen molar-refractivity contribution in [2.24, 2.45) is 4.99 Å². The van der Waals surface area contributed by atoms with Crippen molar-refractivity contribution in [1.82, 2.24) is 0 Å². The van der Waals surface area contributed by atoms with Crippen LogP contribution >= 0.6 is 0 Å². The summed E-state index contributed by atoms with van der Waals surface area (Å²) in [5, 5.41) is 13.4. The van der Waals surface area contributed by atoms with Crippen LogP contribution in [-0.4, -0.2) is 17.2 Å². The summed E-state index contributed by atoms with van der Waals surface area (Å²) in [5.41, 5.74) is 0.719. The summed E-state index contributed by atoms with van der Waals surface area (Å²) in [7, 11) is 0. The molecule has 0 aliphatic rings. The standard InChI is InChI=1S/C18H14N2O4/c1-11(21)20-13-6-4-5-12(9-13)19-10-15-17(22)14-7-2-3-8-16(14)24-18(15)23/h2-10,22H,1H3,(H,20,21). The Hall–Kier alpha value is -3.41. The minimum atomic E-state index is -0.673. The number of aromatic hydroxyl groups is 1. The molecule has 0 fully saturated rings. The number of hydrogen-bond acceptors (Lipinski definition) is 5. The molecule has 3 aromatic rings. The Labute approximate surface area is 137 Å². The van der Waals surface area contributed by atoms with E-state index in [1.54, 1.807) is 48.5 Å². The average molecular weight is 322 g/mol. The summed E-state index contributed by atoms with van der Waals surface area (Å²) in [6.07, 6.45) is 1.25. The third-order valence-electron chi connectivity index (χ3n) is 3.33. The van der Waals surface area contributed by atoms with Crippen LogP contribution < -0.4 is 10.9 Å². The maximum atomic E-state index is 12.0. The Bertz CT molecular complexity index is 1010. The predicted molar refractivity (Wildman–Crippen MR) is 92.1 cm³/mol. The zero-order valence-electron chi connectivity index (χ0n) is 12.8. The molecule has 2 aromatic carbocycles. The number of carbonyl (C=O) groups excluding carboxylic acids is 1. The van der Waals surface area contributed by atoms with Crippen LogP contribution in [0.15, 0.2) is 62.7 Å². The van der Waals surface area contributed by atoms with Crippen LogP contribution in [0.3, 0.4) is 0 Å². The normalized spacial score (nSPS) is 11.0. The molecule has 0 saturated carbocycles. The zero-order valence-corrected chi connectivity index (χ0v) is 12.8. The molecule has 1 amide bonds. The van der Waals surface area contributed by atoms with Gasteiger partial charge in [-0.15, -0.1) is 0 Å². The number of carbonyl (C=O) groups is 1. The van der Waals surface area contributed by atoms with Gasteiger partial charge in [0.15, 0.2) is 0 Å². The molecule has 0 atom stereocenters. The Morgan fingerprint density at radius 2 is 2.00 bits per heavy atom. The van der Waals surface area contributed by atoms with E-state index in [9.17, 15) is 14.7 Å². The van der Waals surface area contributed by atoms with Gasteiger partial charge in [0.05, 0.1) is 11.1 Å². The average Bonchev–Trinajstić information content (AvgIpc) is 2.54. The quantitative estimate of drug-likeness (QED) is 0.572. The van der Waals surface area contributed by atoms with Gasteiger partial charge in [-0.1, -0.05) is 18.2 Å². The Morgan fingerprint density at radius 3 is 2.79 bits per heavy atom. The monoisotopic (exact) mass is 322 g/mol. The van der Waals surface area contributed by atoms with Crippen molar-refractivity contribution >= 4 is 34.5 Å². The van der Waals surface area contributed by atoms with Crippen molar-refractivity contribution in [3.63, 3.8) is 0 Å². The van der Waals surface area contributed by atoms with E-state index in [2.05, 4.69) is 10.3 Å². The van der Waals surface area contributed by atoms with E-state index in [0.29, 0.717) is 22.3 Å². The van der Waals surface area contributed by atoms with Crippen molar-refractivity contribution < 1.29 is 14.3 Å². The van der Waals surface area contributed by atoms with Crippen molar-refractivity contribution in [2.75, 3.05) is 5.32 Å². The van der Waals surface area contributed by atoms with E-state index in [0.717, 1.165) is 0 Å². The molecule has 0 radical (unpaired) electrons. The zero-order chi connectivity index (χ0) is 17.1. The number of nitrogens with zero attached hydrogens (tertiary/aromatic N) is 1. The van der Waals surface area contributed by atoms with E-state index < -0.39 is 5.63 Å². The number of anilines is 1. The minimum absolute atomic E-state index is 0.0290. The van der Waals surface area contributed by atoms with Gasteiger partial charge in [-0.05, 0) is 30.3 Å². The summed E-state index contributed by atoms with van der Waals surface area (Å²) in [6.45, 7) is 1.41. The maximum Gasteiger partial charge on any atom is 0.348 e. The van der Waals surface area contributed by atoms with Gasteiger partial charge in [0.2, 0.25) is 5.91 Å². The van der Waals surface area contributed by atoms with Crippen molar-refractivity contribution in [2.45, 2.75) is 6.92 Å². The largest absolute Gasteiger partial charge is 0.506 e. The number of benzene rings is 2. The SMILES string of the molecule is CC(=O)Nc1cccc(N=Cc2c(O)c3ccccc3oc2=O)c1.